The molecular formula is C6H7F3N2O4. The molecule has 0 fully saturated rings. The zero-order valence-corrected chi connectivity index (χ0v) is 7.17. The van der Waals surface area contributed by atoms with Gasteiger partial charge in [0.1, 0.15) is 6.04 Å². The molecule has 0 heterocycles. The summed E-state index contributed by atoms with van der Waals surface area (Å²) in [6.45, 7) is 0. The first-order valence-corrected chi connectivity index (χ1v) is 3.53. The third-order valence-electron chi connectivity index (χ3n) is 1.27. The molecule has 0 bridgehead atoms. The number of amides is 2. The summed E-state index contributed by atoms with van der Waals surface area (Å²) >= 11 is 0. The van der Waals surface area contributed by atoms with E-state index < -0.39 is 36.4 Å². The predicted octanol–water partition coefficient (Wildman–Crippen LogP) is -1.01. The number of rotatable bonds is 4. The van der Waals surface area contributed by atoms with Crippen LogP contribution in [0.4, 0.5) is 13.2 Å². The lowest BCUT2D eigenvalue weighted by Crippen LogP contribution is -2.48. The molecule has 0 aliphatic carbocycles. The van der Waals surface area contributed by atoms with E-state index in [-0.39, 0.29) is 0 Å². The SMILES string of the molecule is NC(=O)C[C@@H](NC(=O)C(F)(F)F)C(=O)O. The van der Waals surface area contributed by atoms with Gasteiger partial charge in [-0.3, -0.25) is 9.59 Å². The first-order valence-electron chi connectivity index (χ1n) is 3.53. The van der Waals surface area contributed by atoms with E-state index in [1.807, 2.05) is 0 Å². The number of hydrogen-bond acceptors (Lipinski definition) is 3. The van der Waals surface area contributed by atoms with E-state index in [4.69, 9.17) is 5.11 Å². The van der Waals surface area contributed by atoms with Gasteiger partial charge in [-0.2, -0.15) is 13.2 Å². The molecule has 0 spiro atoms. The Balaban J connectivity index is 4.50. The van der Waals surface area contributed by atoms with Crippen LogP contribution in [0.1, 0.15) is 6.42 Å². The number of nitrogens with two attached hydrogens (primary N) is 1. The lowest BCUT2D eigenvalue weighted by atomic mass is 10.2. The average Bonchev–Trinajstić information content (AvgIpc) is 1.99. The Morgan fingerprint density at radius 2 is 1.80 bits per heavy atom. The van der Waals surface area contributed by atoms with Crippen LogP contribution >= 0.6 is 0 Å². The molecular weight excluding hydrogens is 221 g/mol. The molecule has 15 heavy (non-hydrogen) atoms. The molecule has 0 rings (SSSR count). The Bertz CT molecular complexity index is 289. The molecule has 0 radical (unpaired) electrons. The Morgan fingerprint density at radius 3 is 2.07 bits per heavy atom. The molecule has 0 aromatic rings. The van der Waals surface area contributed by atoms with Gasteiger partial charge < -0.3 is 16.2 Å². The van der Waals surface area contributed by atoms with Gasteiger partial charge in [-0.05, 0) is 0 Å². The first kappa shape index (κ1) is 13.2. The summed E-state index contributed by atoms with van der Waals surface area (Å²) in [6, 6.07) is -1.98. The quantitative estimate of drug-likeness (QED) is 0.572. The number of primary amides is 1. The maximum absolute atomic E-state index is 11.7. The highest BCUT2D eigenvalue weighted by Crippen LogP contribution is 2.14. The first-order chi connectivity index (χ1) is 6.64. The van der Waals surface area contributed by atoms with Gasteiger partial charge in [-0.25, -0.2) is 4.79 Å². The van der Waals surface area contributed by atoms with Crippen molar-refractivity contribution in [2.45, 2.75) is 18.6 Å². The standard InChI is InChI=1S/C6H7F3N2O4/c7-6(8,9)5(15)11-2(4(13)14)1-3(10)12/h2H,1H2,(H2,10,12)(H,11,15)(H,13,14)/t2-/m1/s1. The topological polar surface area (TPSA) is 109 Å². The number of carboxylic acids is 1. The third kappa shape index (κ3) is 4.84. The fourth-order valence-electron chi connectivity index (χ4n) is 0.641. The average molecular weight is 228 g/mol. The number of carbonyl (C=O) groups is 3. The molecule has 6 nitrogen and oxygen atoms in total. The third-order valence-corrected chi connectivity index (χ3v) is 1.27. The molecule has 4 N–H and O–H groups in total. The van der Waals surface area contributed by atoms with Crippen molar-refractivity contribution in [3.63, 3.8) is 0 Å². The molecule has 2 amide bonds. The second kappa shape index (κ2) is 4.62. The van der Waals surface area contributed by atoms with Crippen molar-refractivity contribution in [3.05, 3.63) is 0 Å². The molecule has 86 valence electrons. The van der Waals surface area contributed by atoms with E-state index in [9.17, 15) is 27.6 Å². The van der Waals surface area contributed by atoms with Crippen molar-refractivity contribution in [2.24, 2.45) is 5.73 Å². The maximum Gasteiger partial charge on any atom is 0.471 e. The summed E-state index contributed by atoms with van der Waals surface area (Å²) in [5, 5.41) is 9.47. The fraction of sp³-hybridized carbons (Fsp3) is 0.500. The number of aliphatic carboxylic acids is 1. The number of carboxylic acid groups (broad SMARTS) is 1. The van der Waals surface area contributed by atoms with Crippen molar-refractivity contribution in [2.75, 3.05) is 0 Å². The van der Waals surface area contributed by atoms with E-state index in [0.717, 1.165) is 5.32 Å². The summed E-state index contributed by atoms with van der Waals surface area (Å²) < 4.78 is 35.1. The molecule has 0 saturated carbocycles. The summed E-state index contributed by atoms with van der Waals surface area (Å²) in [4.78, 5) is 30.9. The Kier molecular flexibility index (Phi) is 4.07. The van der Waals surface area contributed by atoms with Gasteiger partial charge in [0, 0.05) is 0 Å². The monoisotopic (exact) mass is 228 g/mol. The van der Waals surface area contributed by atoms with Crippen LogP contribution in [-0.4, -0.2) is 35.1 Å². The zero-order valence-electron chi connectivity index (χ0n) is 7.17. The number of hydrogen-bond donors (Lipinski definition) is 3. The summed E-state index contributed by atoms with van der Waals surface area (Å²) in [6.07, 6.45) is -6.11. The Labute approximate surface area is 81.2 Å². The van der Waals surface area contributed by atoms with Crippen molar-refractivity contribution in [1.29, 1.82) is 0 Å². The van der Waals surface area contributed by atoms with E-state index in [0.29, 0.717) is 0 Å². The molecule has 1 atom stereocenters. The summed E-state index contributed by atoms with van der Waals surface area (Å²) in [5.74, 6) is -5.34. The minimum Gasteiger partial charge on any atom is -0.480 e. The largest absolute Gasteiger partial charge is 0.480 e. The van der Waals surface area contributed by atoms with Crippen LogP contribution in [0.2, 0.25) is 0 Å². The Morgan fingerprint density at radius 1 is 1.33 bits per heavy atom. The normalized spacial score (nSPS) is 13.0. The molecule has 0 aromatic heterocycles. The minimum atomic E-state index is -5.20. The van der Waals surface area contributed by atoms with Crippen LogP contribution in [-0.2, 0) is 14.4 Å². The smallest absolute Gasteiger partial charge is 0.471 e. The molecule has 9 heteroatoms. The summed E-state index contributed by atoms with van der Waals surface area (Å²) in [7, 11) is 0. The number of carbonyl (C=O) groups excluding carboxylic acids is 2. The Hall–Kier alpha value is -1.80. The second-order valence-electron chi connectivity index (χ2n) is 2.53. The lowest BCUT2D eigenvalue weighted by Gasteiger charge is -2.13. The van der Waals surface area contributed by atoms with Crippen LogP contribution in [0.15, 0.2) is 0 Å². The summed E-state index contributed by atoms with van der Waals surface area (Å²) in [5.41, 5.74) is 4.58. The minimum absolute atomic E-state index is 0.906. The van der Waals surface area contributed by atoms with E-state index >= 15 is 0 Å². The zero-order chi connectivity index (χ0) is 12.2. The van der Waals surface area contributed by atoms with Gasteiger partial charge in [0.25, 0.3) is 0 Å². The van der Waals surface area contributed by atoms with E-state index in [1.54, 1.807) is 0 Å². The highest BCUT2D eigenvalue weighted by molar-refractivity contribution is 5.90. The highest BCUT2D eigenvalue weighted by atomic mass is 19.4. The van der Waals surface area contributed by atoms with Gasteiger partial charge in [-0.1, -0.05) is 0 Å². The van der Waals surface area contributed by atoms with Gasteiger partial charge in [0.05, 0.1) is 6.42 Å². The van der Waals surface area contributed by atoms with Crippen LogP contribution in [0.5, 0.6) is 0 Å². The predicted molar refractivity (Wildman–Crippen MR) is 39.4 cm³/mol. The molecule has 0 unspecified atom stereocenters. The van der Waals surface area contributed by atoms with Crippen LogP contribution in [0, 0.1) is 0 Å². The highest BCUT2D eigenvalue weighted by Gasteiger charge is 2.41. The fourth-order valence-corrected chi connectivity index (χ4v) is 0.641. The van der Waals surface area contributed by atoms with Gasteiger partial charge >= 0.3 is 18.1 Å². The molecule has 0 saturated heterocycles. The van der Waals surface area contributed by atoms with Gasteiger partial charge in [0.2, 0.25) is 5.91 Å². The molecule has 0 aliphatic rings. The van der Waals surface area contributed by atoms with Crippen LogP contribution in [0.3, 0.4) is 0 Å². The van der Waals surface area contributed by atoms with Crippen molar-refractivity contribution < 1.29 is 32.7 Å². The number of halogens is 3. The van der Waals surface area contributed by atoms with Crippen molar-refractivity contribution in [1.82, 2.24) is 5.32 Å². The van der Waals surface area contributed by atoms with Crippen molar-refractivity contribution in [3.8, 4) is 0 Å². The number of alkyl halides is 3. The maximum atomic E-state index is 11.7. The lowest BCUT2D eigenvalue weighted by molar-refractivity contribution is -0.175. The van der Waals surface area contributed by atoms with E-state index in [2.05, 4.69) is 5.73 Å². The van der Waals surface area contributed by atoms with Gasteiger partial charge in [0.15, 0.2) is 0 Å². The van der Waals surface area contributed by atoms with Crippen molar-refractivity contribution >= 4 is 17.8 Å². The molecule has 0 aromatic carbocycles. The van der Waals surface area contributed by atoms with Gasteiger partial charge in [-0.15, -0.1) is 0 Å². The number of nitrogens with one attached hydrogen (secondary N) is 1. The van der Waals surface area contributed by atoms with Crippen LogP contribution in [0.25, 0.3) is 0 Å². The second-order valence-corrected chi connectivity index (χ2v) is 2.53. The van der Waals surface area contributed by atoms with Crippen LogP contribution < -0.4 is 11.1 Å². The van der Waals surface area contributed by atoms with E-state index in [1.165, 1.54) is 0 Å². The molecule has 0 aliphatic heterocycles.